The van der Waals surface area contributed by atoms with Gasteiger partial charge in [0, 0.05) is 23.9 Å². The van der Waals surface area contributed by atoms with Crippen LogP contribution in [0.25, 0.3) is 0 Å². The van der Waals surface area contributed by atoms with Crippen LogP contribution in [-0.4, -0.2) is 42.2 Å². The molecular weight excluding hydrogens is 340 g/mol. The quantitative estimate of drug-likeness (QED) is 0.392. The van der Waals surface area contributed by atoms with Gasteiger partial charge in [-0.05, 0) is 49.8 Å². The molecule has 2 rings (SSSR count). The average molecular weight is 373 g/mol. The second-order valence-corrected chi connectivity index (χ2v) is 7.29. The van der Waals surface area contributed by atoms with Crippen LogP contribution in [-0.2, 0) is 9.53 Å². The molecule has 0 bridgehead atoms. The van der Waals surface area contributed by atoms with Crippen molar-refractivity contribution >= 4 is 17.6 Å². The highest BCUT2D eigenvalue weighted by molar-refractivity contribution is 6.00. The highest BCUT2D eigenvalue weighted by atomic mass is 16.5. The van der Waals surface area contributed by atoms with Gasteiger partial charge in [0.05, 0.1) is 13.5 Å². The van der Waals surface area contributed by atoms with Gasteiger partial charge in [-0.25, -0.2) is 0 Å². The molecule has 1 unspecified atom stereocenters. The summed E-state index contributed by atoms with van der Waals surface area (Å²) >= 11 is 0. The van der Waals surface area contributed by atoms with E-state index in [4.69, 9.17) is 10.1 Å². The van der Waals surface area contributed by atoms with E-state index in [0.717, 1.165) is 44.1 Å². The van der Waals surface area contributed by atoms with E-state index in [1.807, 2.05) is 29.2 Å². The van der Waals surface area contributed by atoms with Gasteiger partial charge in [-0.2, -0.15) is 0 Å². The minimum atomic E-state index is -0.272. The van der Waals surface area contributed by atoms with Crippen molar-refractivity contribution in [2.24, 2.45) is 0 Å². The highest BCUT2D eigenvalue weighted by Crippen LogP contribution is 2.23. The SMILES string of the molecule is CCCCCCC(=N)c1ccc(C(=O)N2CCCCC2CC(=O)OC)cc1. The van der Waals surface area contributed by atoms with Crippen LogP contribution in [0, 0.1) is 5.41 Å². The molecule has 148 valence electrons. The number of hydrogen-bond acceptors (Lipinski definition) is 4. The number of amides is 1. The smallest absolute Gasteiger partial charge is 0.307 e. The number of methoxy groups -OCH3 is 1. The molecule has 1 aromatic carbocycles. The van der Waals surface area contributed by atoms with Gasteiger partial charge in [-0.3, -0.25) is 9.59 Å². The summed E-state index contributed by atoms with van der Waals surface area (Å²) < 4.78 is 4.78. The maximum absolute atomic E-state index is 12.9. The molecule has 1 amide bonds. The minimum absolute atomic E-state index is 0.0374. The summed E-state index contributed by atoms with van der Waals surface area (Å²) in [4.78, 5) is 26.4. The van der Waals surface area contributed by atoms with Crippen molar-refractivity contribution < 1.29 is 14.3 Å². The molecule has 0 radical (unpaired) electrons. The number of benzene rings is 1. The summed E-state index contributed by atoms with van der Waals surface area (Å²) in [5, 5.41) is 8.22. The van der Waals surface area contributed by atoms with Crippen molar-refractivity contribution in [1.82, 2.24) is 4.90 Å². The van der Waals surface area contributed by atoms with Crippen molar-refractivity contribution in [3.63, 3.8) is 0 Å². The molecule has 0 aromatic heterocycles. The molecule has 1 heterocycles. The summed E-state index contributed by atoms with van der Waals surface area (Å²) in [6.07, 6.45) is 8.46. The van der Waals surface area contributed by atoms with Crippen molar-refractivity contribution in [3.8, 4) is 0 Å². The normalized spacial score (nSPS) is 16.8. The lowest BCUT2D eigenvalue weighted by molar-refractivity contribution is -0.142. The molecular formula is C22H32N2O3. The van der Waals surface area contributed by atoms with Crippen LogP contribution in [0.15, 0.2) is 24.3 Å². The van der Waals surface area contributed by atoms with Crippen LogP contribution in [0.4, 0.5) is 0 Å². The fourth-order valence-electron chi connectivity index (χ4n) is 3.61. The zero-order chi connectivity index (χ0) is 19.6. The summed E-state index contributed by atoms with van der Waals surface area (Å²) in [6, 6.07) is 7.27. The molecule has 1 aliphatic heterocycles. The number of hydrogen-bond donors (Lipinski definition) is 1. The highest BCUT2D eigenvalue weighted by Gasteiger charge is 2.29. The first-order valence-corrected chi connectivity index (χ1v) is 10.1. The van der Waals surface area contributed by atoms with Gasteiger partial charge >= 0.3 is 5.97 Å². The zero-order valence-corrected chi connectivity index (χ0v) is 16.6. The summed E-state index contributed by atoms with van der Waals surface area (Å²) in [5.41, 5.74) is 2.13. The Labute approximate surface area is 162 Å². The van der Waals surface area contributed by atoms with E-state index in [1.54, 1.807) is 0 Å². The predicted octanol–water partition coefficient (Wildman–Crippen LogP) is 4.58. The Bertz CT molecular complexity index is 639. The maximum atomic E-state index is 12.9. The third-order valence-corrected chi connectivity index (χ3v) is 5.28. The van der Waals surface area contributed by atoms with Gasteiger partial charge in [-0.1, -0.05) is 38.3 Å². The Balaban J connectivity index is 1.99. The average Bonchev–Trinajstić information content (AvgIpc) is 2.71. The molecule has 1 fully saturated rings. The second kappa shape index (κ2) is 10.9. The molecule has 1 saturated heterocycles. The number of nitrogens with zero attached hydrogens (tertiary/aromatic N) is 1. The standard InChI is InChI=1S/C22H32N2O3/c1-3-4-5-6-10-20(23)17-11-13-18(14-12-17)22(26)24-15-8-7-9-19(24)16-21(25)27-2/h11-14,19,23H,3-10,15-16H2,1-2H3. The van der Waals surface area contributed by atoms with Crippen LogP contribution < -0.4 is 0 Å². The van der Waals surface area contributed by atoms with Gasteiger partial charge < -0.3 is 15.0 Å². The van der Waals surface area contributed by atoms with E-state index in [2.05, 4.69) is 6.92 Å². The van der Waals surface area contributed by atoms with Gasteiger partial charge in [0.15, 0.2) is 0 Å². The van der Waals surface area contributed by atoms with Crippen LogP contribution in [0.2, 0.25) is 0 Å². The van der Waals surface area contributed by atoms with Crippen molar-refractivity contribution in [2.45, 2.75) is 70.8 Å². The van der Waals surface area contributed by atoms with Crippen molar-refractivity contribution in [2.75, 3.05) is 13.7 Å². The number of ether oxygens (including phenoxy) is 1. The first-order valence-electron chi connectivity index (χ1n) is 10.1. The van der Waals surface area contributed by atoms with Crippen LogP contribution in [0.3, 0.4) is 0 Å². The van der Waals surface area contributed by atoms with Crippen LogP contribution in [0.1, 0.15) is 80.6 Å². The fraction of sp³-hybridized carbons (Fsp3) is 0.591. The molecule has 1 N–H and O–H groups in total. The molecule has 0 saturated carbocycles. The number of esters is 1. The number of rotatable bonds is 9. The van der Waals surface area contributed by atoms with Gasteiger partial charge in [0.25, 0.3) is 5.91 Å². The Morgan fingerprint density at radius 2 is 1.81 bits per heavy atom. The Morgan fingerprint density at radius 1 is 1.11 bits per heavy atom. The lowest BCUT2D eigenvalue weighted by atomic mass is 9.97. The topological polar surface area (TPSA) is 70.5 Å². The van der Waals surface area contributed by atoms with Gasteiger partial charge in [-0.15, -0.1) is 0 Å². The number of likely N-dealkylation sites (tertiary alicyclic amines) is 1. The van der Waals surface area contributed by atoms with E-state index in [-0.39, 0.29) is 24.3 Å². The Kier molecular flexibility index (Phi) is 8.49. The van der Waals surface area contributed by atoms with Gasteiger partial charge in [0.1, 0.15) is 0 Å². The molecule has 5 nitrogen and oxygen atoms in total. The molecule has 0 spiro atoms. The number of unbranched alkanes of at least 4 members (excludes halogenated alkanes) is 3. The van der Waals surface area contributed by atoms with E-state index in [0.29, 0.717) is 17.8 Å². The van der Waals surface area contributed by atoms with Crippen molar-refractivity contribution in [3.05, 3.63) is 35.4 Å². The first-order chi connectivity index (χ1) is 13.1. The van der Waals surface area contributed by atoms with E-state index >= 15 is 0 Å². The largest absolute Gasteiger partial charge is 0.469 e. The fourth-order valence-corrected chi connectivity index (χ4v) is 3.61. The van der Waals surface area contributed by atoms with Crippen LogP contribution >= 0.6 is 0 Å². The predicted molar refractivity (Wildman–Crippen MR) is 107 cm³/mol. The second-order valence-electron chi connectivity index (χ2n) is 7.29. The molecule has 27 heavy (non-hydrogen) atoms. The molecule has 1 aromatic rings. The Hall–Kier alpha value is -2.17. The van der Waals surface area contributed by atoms with E-state index < -0.39 is 0 Å². The molecule has 1 aliphatic rings. The minimum Gasteiger partial charge on any atom is -0.469 e. The third kappa shape index (κ3) is 6.19. The number of piperidine rings is 1. The molecule has 1 atom stereocenters. The summed E-state index contributed by atoms with van der Waals surface area (Å²) in [6.45, 7) is 2.86. The first kappa shape index (κ1) is 21.1. The zero-order valence-electron chi connectivity index (χ0n) is 16.6. The monoisotopic (exact) mass is 372 g/mol. The Morgan fingerprint density at radius 3 is 2.48 bits per heavy atom. The lowest BCUT2D eigenvalue weighted by Crippen LogP contribution is -2.44. The van der Waals surface area contributed by atoms with Crippen LogP contribution in [0.5, 0.6) is 0 Å². The maximum Gasteiger partial charge on any atom is 0.307 e. The summed E-state index contributed by atoms with van der Waals surface area (Å²) in [7, 11) is 1.38. The van der Waals surface area contributed by atoms with E-state index in [9.17, 15) is 9.59 Å². The van der Waals surface area contributed by atoms with E-state index in [1.165, 1.54) is 20.0 Å². The van der Waals surface area contributed by atoms with Gasteiger partial charge in [0.2, 0.25) is 0 Å². The lowest BCUT2D eigenvalue weighted by Gasteiger charge is -2.35. The summed E-state index contributed by atoms with van der Waals surface area (Å²) in [5.74, 6) is -0.309. The molecule has 5 heteroatoms. The number of carbonyl (C=O) groups excluding carboxylic acids is 2. The third-order valence-electron chi connectivity index (χ3n) is 5.28. The number of carbonyl (C=O) groups is 2. The van der Waals surface area contributed by atoms with Crippen molar-refractivity contribution in [1.29, 1.82) is 5.41 Å². The molecule has 0 aliphatic carbocycles. The number of nitrogens with one attached hydrogen (secondary N) is 1.